The van der Waals surface area contributed by atoms with E-state index in [1.807, 2.05) is 0 Å². The van der Waals surface area contributed by atoms with Gasteiger partial charge in [0.15, 0.2) is 0 Å². The summed E-state index contributed by atoms with van der Waals surface area (Å²) in [6.45, 7) is 0.0607. The Balaban J connectivity index is 2.67. The third-order valence-corrected chi connectivity index (χ3v) is 4.05. The Morgan fingerprint density at radius 2 is 1.65 bits per heavy atom. The van der Waals surface area contributed by atoms with Crippen molar-refractivity contribution in [3.63, 3.8) is 0 Å². The zero-order valence-corrected chi connectivity index (χ0v) is 11.3. The number of aliphatic hydroxyl groups excluding tert-OH is 1. The van der Waals surface area contributed by atoms with E-state index in [-0.39, 0.29) is 24.9 Å². The standard InChI is InChI=1S/C14H19F3N2O/c15-14(16,17)5-4-13(9-18,10-19)7-11-2-1-3-12(6-11)8-20/h11-12,20H,1-8H2/t11-,12+/m1/s1. The topological polar surface area (TPSA) is 67.8 Å². The van der Waals surface area contributed by atoms with Gasteiger partial charge in [0.05, 0.1) is 12.1 Å². The highest BCUT2D eigenvalue weighted by atomic mass is 19.4. The van der Waals surface area contributed by atoms with Crippen molar-refractivity contribution in [3.8, 4) is 12.1 Å². The first-order valence-electron chi connectivity index (χ1n) is 6.84. The van der Waals surface area contributed by atoms with Crippen LogP contribution >= 0.6 is 0 Å². The highest BCUT2D eigenvalue weighted by molar-refractivity contribution is 5.14. The molecule has 0 saturated heterocycles. The Morgan fingerprint density at radius 1 is 1.05 bits per heavy atom. The molecule has 3 nitrogen and oxygen atoms in total. The van der Waals surface area contributed by atoms with Crippen molar-refractivity contribution in [3.05, 3.63) is 0 Å². The van der Waals surface area contributed by atoms with Crippen molar-refractivity contribution >= 4 is 0 Å². The minimum absolute atomic E-state index is 0.0495. The summed E-state index contributed by atoms with van der Waals surface area (Å²) in [6, 6.07) is 3.59. The first kappa shape index (κ1) is 16.8. The number of nitriles is 2. The molecule has 20 heavy (non-hydrogen) atoms. The quantitative estimate of drug-likeness (QED) is 0.841. The number of hydrogen-bond donors (Lipinski definition) is 1. The van der Waals surface area contributed by atoms with E-state index in [0.717, 1.165) is 19.3 Å². The Labute approximate surface area is 117 Å². The van der Waals surface area contributed by atoms with Crippen LogP contribution in [0.3, 0.4) is 0 Å². The lowest BCUT2D eigenvalue weighted by molar-refractivity contribution is -0.138. The fourth-order valence-electron chi connectivity index (χ4n) is 2.93. The Kier molecular flexibility index (Phi) is 5.83. The average molecular weight is 288 g/mol. The maximum atomic E-state index is 12.3. The normalized spacial score (nSPS) is 23.9. The van der Waals surface area contributed by atoms with Gasteiger partial charge in [0.25, 0.3) is 0 Å². The molecular weight excluding hydrogens is 269 g/mol. The van der Waals surface area contributed by atoms with Gasteiger partial charge in [-0.1, -0.05) is 12.8 Å². The van der Waals surface area contributed by atoms with Crippen LogP contribution in [-0.4, -0.2) is 17.9 Å². The molecule has 0 aliphatic heterocycles. The van der Waals surface area contributed by atoms with Crippen molar-refractivity contribution in [2.24, 2.45) is 17.3 Å². The average Bonchev–Trinajstić information content (AvgIpc) is 2.43. The monoisotopic (exact) mass is 288 g/mol. The van der Waals surface area contributed by atoms with Gasteiger partial charge in [-0.25, -0.2) is 0 Å². The van der Waals surface area contributed by atoms with Crippen molar-refractivity contribution in [1.29, 1.82) is 10.5 Å². The van der Waals surface area contributed by atoms with E-state index >= 15 is 0 Å². The van der Waals surface area contributed by atoms with Gasteiger partial charge in [0, 0.05) is 13.0 Å². The Hall–Kier alpha value is -1.27. The molecule has 1 saturated carbocycles. The maximum absolute atomic E-state index is 12.3. The van der Waals surface area contributed by atoms with Crippen LogP contribution in [-0.2, 0) is 0 Å². The number of rotatable bonds is 5. The molecule has 1 N–H and O–H groups in total. The van der Waals surface area contributed by atoms with Gasteiger partial charge in [0.2, 0.25) is 0 Å². The van der Waals surface area contributed by atoms with Gasteiger partial charge in [-0.15, -0.1) is 0 Å². The molecule has 112 valence electrons. The summed E-state index contributed by atoms with van der Waals surface area (Å²) in [5.74, 6) is 0.194. The fourth-order valence-corrected chi connectivity index (χ4v) is 2.93. The Morgan fingerprint density at radius 3 is 2.15 bits per heavy atom. The van der Waals surface area contributed by atoms with E-state index in [9.17, 15) is 13.2 Å². The van der Waals surface area contributed by atoms with Gasteiger partial charge < -0.3 is 5.11 Å². The van der Waals surface area contributed by atoms with Crippen LogP contribution < -0.4 is 0 Å². The van der Waals surface area contributed by atoms with Crippen molar-refractivity contribution < 1.29 is 18.3 Å². The van der Waals surface area contributed by atoms with Crippen molar-refractivity contribution in [1.82, 2.24) is 0 Å². The molecule has 1 fully saturated rings. The zero-order chi connectivity index (χ0) is 15.2. The third kappa shape index (κ3) is 5.02. The van der Waals surface area contributed by atoms with Crippen LogP contribution in [0.1, 0.15) is 44.9 Å². The predicted molar refractivity (Wildman–Crippen MR) is 66.1 cm³/mol. The smallest absolute Gasteiger partial charge is 0.389 e. The van der Waals surface area contributed by atoms with Crippen LogP contribution in [0.4, 0.5) is 13.2 Å². The lowest BCUT2D eigenvalue weighted by Gasteiger charge is -2.31. The number of aliphatic hydroxyl groups is 1. The van der Waals surface area contributed by atoms with E-state index in [1.54, 1.807) is 12.1 Å². The first-order valence-corrected chi connectivity index (χ1v) is 6.84. The number of nitrogens with zero attached hydrogens (tertiary/aromatic N) is 2. The first-order chi connectivity index (χ1) is 9.34. The zero-order valence-electron chi connectivity index (χ0n) is 11.3. The van der Waals surface area contributed by atoms with E-state index in [0.29, 0.717) is 6.42 Å². The summed E-state index contributed by atoms with van der Waals surface area (Å²) in [5, 5.41) is 27.4. The second-order valence-corrected chi connectivity index (χ2v) is 5.71. The van der Waals surface area contributed by atoms with Gasteiger partial charge in [-0.2, -0.15) is 23.7 Å². The van der Waals surface area contributed by atoms with Gasteiger partial charge in [-0.05, 0) is 37.5 Å². The summed E-state index contributed by atoms with van der Waals surface area (Å²) in [6.07, 6.45) is -2.45. The van der Waals surface area contributed by atoms with Crippen LogP contribution in [0, 0.1) is 39.9 Å². The molecule has 0 aromatic carbocycles. The lowest BCUT2D eigenvalue weighted by Crippen LogP contribution is -2.27. The third-order valence-electron chi connectivity index (χ3n) is 4.05. The Bertz CT molecular complexity index is 381. The van der Waals surface area contributed by atoms with Crippen LogP contribution in [0.25, 0.3) is 0 Å². The minimum Gasteiger partial charge on any atom is -0.396 e. The molecule has 1 aliphatic rings. The van der Waals surface area contributed by atoms with Gasteiger partial charge >= 0.3 is 6.18 Å². The van der Waals surface area contributed by atoms with Crippen LogP contribution in [0.2, 0.25) is 0 Å². The second kappa shape index (κ2) is 6.95. The molecule has 0 spiro atoms. The highest BCUT2D eigenvalue weighted by Crippen LogP contribution is 2.40. The summed E-state index contributed by atoms with van der Waals surface area (Å²) < 4.78 is 36.9. The molecule has 0 amide bonds. The molecule has 0 unspecified atom stereocenters. The van der Waals surface area contributed by atoms with E-state index in [4.69, 9.17) is 15.6 Å². The second-order valence-electron chi connectivity index (χ2n) is 5.71. The van der Waals surface area contributed by atoms with Crippen molar-refractivity contribution in [2.75, 3.05) is 6.61 Å². The number of hydrogen-bond acceptors (Lipinski definition) is 3. The van der Waals surface area contributed by atoms with E-state index < -0.39 is 24.4 Å². The number of halogens is 3. The van der Waals surface area contributed by atoms with E-state index in [1.165, 1.54) is 0 Å². The summed E-state index contributed by atoms with van der Waals surface area (Å²) in [4.78, 5) is 0. The largest absolute Gasteiger partial charge is 0.396 e. The minimum atomic E-state index is -4.35. The molecule has 1 aliphatic carbocycles. The lowest BCUT2D eigenvalue weighted by atomic mass is 9.71. The summed E-state index contributed by atoms with van der Waals surface area (Å²) >= 11 is 0. The van der Waals surface area contributed by atoms with Gasteiger partial charge in [0.1, 0.15) is 5.41 Å². The molecule has 0 bridgehead atoms. The van der Waals surface area contributed by atoms with Crippen molar-refractivity contribution in [2.45, 2.75) is 51.1 Å². The number of alkyl halides is 3. The van der Waals surface area contributed by atoms with E-state index in [2.05, 4.69) is 0 Å². The highest BCUT2D eigenvalue weighted by Gasteiger charge is 2.39. The van der Waals surface area contributed by atoms with Gasteiger partial charge in [-0.3, -0.25) is 0 Å². The summed E-state index contributed by atoms with van der Waals surface area (Å²) in [5.41, 5.74) is -1.56. The molecule has 0 aromatic rings. The molecule has 0 aromatic heterocycles. The van der Waals surface area contributed by atoms with Crippen LogP contribution in [0.5, 0.6) is 0 Å². The predicted octanol–water partition coefficient (Wildman–Crippen LogP) is 3.55. The maximum Gasteiger partial charge on any atom is 0.389 e. The molecule has 0 radical (unpaired) electrons. The molecule has 0 heterocycles. The molecule has 1 rings (SSSR count). The van der Waals surface area contributed by atoms with Crippen LogP contribution in [0.15, 0.2) is 0 Å². The summed E-state index contributed by atoms with van der Waals surface area (Å²) in [7, 11) is 0. The SMILES string of the molecule is N#CC(C#N)(CCC(F)(F)F)C[C@@H]1CCC[C@H](CO)C1. The molecule has 6 heteroatoms. The molecular formula is C14H19F3N2O. The fraction of sp³-hybridized carbons (Fsp3) is 0.857. The molecule has 2 atom stereocenters.